The van der Waals surface area contributed by atoms with Gasteiger partial charge in [-0.3, -0.25) is 15.1 Å². The third-order valence-corrected chi connectivity index (χ3v) is 5.31. The highest BCUT2D eigenvalue weighted by molar-refractivity contribution is 7.19. The largest absolute Gasteiger partial charge is 0.432 e. The van der Waals surface area contributed by atoms with Gasteiger partial charge in [0.15, 0.2) is 10.9 Å². The molecule has 2 aromatic heterocycles. The Labute approximate surface area is 162 Å². The van der Waals surface area contributed by atoms with Gasteiger partial charge in [-0.15, -0.1) is 0 Å². The first kappa shape index (κ1) is 18.4. The Kier molecular flexibility index (Phi) is 4.54. The lowest BCUT2D eigenvalue weighted by atomic mass is 9.98. The molecule has 5 nitrogen and oxygen atoms in total. The lowest BCUT2D eigenvalue weighted by Crippen LogP contribution is -2.29. The van der Waals surface area contributed by atoms with Crippen molar-refractivity contribution in [2.45, 2.75) is 25.9 Å². The second kappa shape index (κ2) is 6.90. The molecule has 1 aliphatic rings. The number of thiazole rings is 1. The Morgan fingerprint density at radius 3 is 2.93 bits per heavy atom. The van der Waals surface area contributed by atoms with Crippen LogP contribution in [-0.2, 0) is 6.42 Å². The van der Waals surface area contributed by atoms with Crippen LogP contribution in [0.25, 0.3) is 10.4 Å². The summed E-state index contributed by atoms with van der Waals surface area (Å²) in [7, 11) is 0. The molecule has 1 aromatic carbocycles. The highest BCUT2D eigenvalue weighted by Crippen LogP contribution is 2.41. The molecule has 9 heteroatoms. The minimum absolute atomic E-state index is 0.146. The monoisotopic (exact) mass is 405 g/mol. The zero-order valence-corrected chi connectivity index (χ0v) is 15.4. The Balaban J connectivity index is 1.60. The van der Waals surface area contributed by atoms with Crippen molar-refractivity contribution in [2.24, 2.45) is 0 Å². The molecule has 0 radical (unpaired) electrons. The summed E-state index contributed by atoms with van der Waals surface area (Å²) in [5.74, 6) is -1.24. The number of aromatic nitrogens is 2. The second-order valence-corrected chi connectivity index (χ2v) is 7.38. The first-order chi connectivity index (χ1) is 13.3. The third-order valence-electron chi connectivity index (χ3n) is 4.36. The molecule has 0 unspecified atom stereocenters. The molecule has 0 fully saturated rings. The molecule has 28 heavy (non-hydrogen) atoms. The lowest BCUT2D eigenvalue weighted by Gasteiger charge is -2.26. The molecular weight excluding hydrogens is 391 g/mol. The van der Waals surface area contributed by atoms with E-state index in [4.69, 9.17) is 4.74 Å². The van der Waals surface area contributed by atoms with Crippen LogP contribution in [0, 0.1) is 12.7 Å². The summed E-state index contributed by atoms with van der Waals surface area (Å²) >= 11 is 1.16. The molecule has 0 bridgehead atoms. The van der Waals surface area contributed by atoms with E-state index in [-0.39, 0.29) is 29.3 Å². The molecule has 1 N–H and O–H groups in total. The fraction of sp³-hybridized carbons (Fsp3) is 0.211. The molecule has 1 amide bonds. The van der Waals surface area contributed by atoms with Gasteiger partial charge in [0.25, 0.3) is 5.91 Å². The van der Waals surface area contributed by atoms with Crippen molar-refractivity contribution < 1.29 is 22.7 Å². The van der Waals surface area contributed by atoms with E-state index in [1.807, 2.05) is 13.0 Å². The van der Waals surface area contributed by atoms with Crippen molar-refractivity contribution in [1.82, 2.24) is 9.97 Å². The molecule has 0 atom stereocenters. The van der Waals surface area contributed by atoms with Gasteiger partial charge in [-0.25, -0.2) is 9.37 Å². The van der Waals surface area contributed by atoms with E-state index in [2.05, 4.69) is 15.3 Å². The summed E-state index contributed by atoms with van der Waals surface area (Å²) in [5.41, 5.74) is 2.16. The average Bonchev–Trinajstić information content (AvgIpc) is 3.09. The minimum Gasteiger partial charge on any atom is -0.432 e. The molecule has 0 saturated heterocycles. The van der Waals surface area contributed by atoms with Gasteiger partial charge in [-0.2, -0.15) is 8.78 Å². The summed E-state index contributed by atoms with van der Waals surface area (Å²) < 4.78 is 45.6. The number of ether oxygens (including phenoxy) is 1. The third kappa shape index (κ3) is 3.57. The molecule has 1 aliphatic heterocycles. The molecule has 0 spiro atoms. The standard InChI is InChI=1S/C19H14F3N3O2S/c1-10-6-11-2-4-19(21,22)27-15(11)7-13(10)16-9-24-18(28-16)25-17(26)12-3-5-23-8-14(12)20/h3,5-9H,2,4H2,1H3,(H,24,25,26). The smallest absolute Gasteiger partial charge is 0.398 e. The van der Waals surface area contributed by atoms with Crippen molar-refractivity contribution in [3.05, 3.63) is 59.3 Å². The maximum Gasteiger partial charge on any atom is 0.398 e. The predicted octanol–water partition coefficient (Wildman–Crippen LogP) is 4.82. The van der Waals surface area contributed by atoms with Crippen molar-refractivity contribution in [3.63, 3.8) is 0 Å². The topological polar surface area (TPSA) is 64.1 Å². The van der Waals surface area contributed by atoms with Crippen molar-refractivity contribution in [3.8, 4) is 16.2 Å². The van der Waals surface area contributed by atoms with Gasteiger partial charge < -0.3 is 4.74 Å². The number of amides is 1. The minimum atomic E-state index is -3.18. The van der Waals surface area contributed by atoms with Crippen LogP contribution in [-0.4, -0.2) is 22.0 Å². The Bertz CT molecular complexity index is 1070. The fourth-order valence-electron chi connectivity index (χ4n) is 2.98. The molecule has 0 saturated carbocycles. The van der Waals surface area contributed by atoms with E-state index in [1.54, 1.807) is 6.07 Å². The quantitative estimate of drug-likeness (QED) is 0.678. The molecule has 3 heterocycles. The van der Waals surface area contributed by atoms with Crippen LogP contribution in [0.1, 0.15) is 27.9 Å². The summed E-state index contributed by atoms with van der Waals surface area (Å²) in [6.07, 6.45) is 0.512. The SMILES string of the molecule is Cc1cc2c(cc1-c1cnc(NC(=O)c3ccncc3F)s1)OC(F)(F)CC2. The van der Waals surface area contributed by atoms with Crippen molar-refractivity contribution >= 4 is 22.4 Å². The Hall–Kier alpha value is -2.94. The van der Waals surface area contributed by atoms with Crippen LogP contribution in [0.5, 0.6) is 5.75 Å². The van der Waals surface area contributed by atoms with Gasteiger partial charge in [-0.05, 0) is 42.2 Å². The van der Waals surface area contributed by atoms with Crippen molar-refractivity contribution in [2.75, 3.05) is 5.32 Å². The number of fused-ring (bicyclic) bond motifs is 1. The Morgan fingerprint density at radius 2 is 2.14 bits per heavy atom. The van der Waals surface area contributed by atoms with E-state index < -0.39 is 17.8 Å². The number of hydrogen-bond acceptors (Lipinski definition) is 5. The number of benzene rings is 1. The zero-order valence-electron chi connectivity index (χ0n) is 14.6. The lowest BCUT2D eigenvalue weighted by molar-refractivity contribution is -0.187. The first-order valence-electron chi connectivity index (χ1n) is 8.40. The molecular formula is C19H14F3N3O2S. The highest BCUT2D eigenvalue weighted by atomic mass is 32.1. The van der Waals surface area contributed by atoms with Gasteiger partial charge >= 0.3 is 6.11 Å². The van der Waals surface area contributed by atoms with E-state index >= 15 is 0 Å². The first-order valence-corrected chi connectivity index (χ1v) is 9.21. The van der Waals surface area contributed by atoms with Crippen LogP contribution in [0.3, 0.4) is 0 Å². The van der Waals surface area contributed by atoms with Crippen LogP contribution in [0.2, 0.25) is 0 Å². The number of carbonyl (C=O) groups is 1. The normalized spacial score (nSPS) is 14.9. The fourth-order valence-corrected chi connectivity index (χ4v) is 3.87. The van der Waals surface area contributed by atoms with E-state index in [9.17, 15) is 18.0 Å². The second-order valence-electron chi connectivity index (χ2n) is 6.35. The van der Waals surface area contributed by atoms with Gasteiger partial charge in [0, 0.05) is 12.4 Å². The van der Waals surface area contributed by atoms with E-state index in [0.29, 0.717) is 10.4 Å². The molecule has 4 rings (SSSR count). The van der Waals surface area contributed by atoms with Crippen LogP contribution >= 0.6 is 11.3 Å². The summed E-state index contributed by atoms with van der Waals surface area (Å²) in [4.78, 5) is 20.6. The van der Waals surface area contributed by atoms with Gasteiger partial charge in [-0.1, -0.05) is 17.4 Å². The summed E-state index contributed by atoms with van der Waals surface area (Å²) in [5, 5.41) is 2.80. The zero-order chi connectivity index (χ0) is 19.9. The number of nitrogens with one attached hydrogen (secondary N) is 1. The maximum absolute atomic E-state index is 13.7. The number of anilines is 1. The van der Waals surface area contributed by atoms with Crippen LogP contribution in [0.15, 0.2) is 36.8 Å². The van der Waals surface area contributed by atoms with Crippen LogP contribution < -0.4 is 10.1 Å². The van der Waals surface area contributed by atoms with Crippen molar-refractivity contribution in [1.29, 1.82) is 0 Å². The van der Waals surface area contributed by atoms with Gasteiger partial charge in [0.1, 0.15) is 5.75 Å². The number of halogens is 3. The maximum atomic E-state index is 13.7. The number of hydrogen-bond donors (Lipinski definition) is 1. The van der Waals surface area contributed by atoms with Crippen LogP contribution in [0.4, 0.5) is 18.3 Å². The number of aryl methyl sites for hydroxylation is 2. The number of rotatable bonds is 3. The summed E-state index contributed by atoms with van der Waals surface area (Å²) in [6.45, 7) is 1.87. The predicted molar refractivity (Wildman–Crippen MR) is 98.3 cm³/mol. The number of pyridine rings is 1. The van der Waals surface area contributed by atoms with Gasteiger partial charge in [0.2, 0.25) is 0 Å². The summed E-state index contributed by atoms with van der Waals surface area (Å²) in [6, 6.07) is 4.66. The molecule has 144 valence electrons. The Morgan fingerprint density at radius 1 is 1.32 bits per heavy atom. The van der Waals surface area contributed by atoms with E-state index in [0.717, 1.165) is 28.7 Å². The molecule has 3 aromatic rings. The van der Waals surface area contributed by atoms with E-state index in [1.165, 1.54) is 18.5 Å². The number of alkyl halides is 2. The highest BCUT2D eigenvalue weighted by Gasteiger charge is 2.36. The number of carbonyl (C=O) groups excluding carboxylic acids is 1. The average molecular weight is 405 g/mol. The van der Waals surface area contributed by atoms with Gasteiger partial charge in [0.05, 0.1) is 23.1 Å². The molecule has 0 aliphatic carbocycles. The number of nitrogens with zero attached hydrogens (tertiary/aromatic N) is 2.